The van der Waals surface area contributed by atoms with Crippen LogP contribution in [-0.2, 0) is 14.3 Å². The van der Waals surface area contributed by atoms with Gasteiger partial charge >= 0.3 is 12.1 Å². The van der Waals surface area contributed by atoms with Crippen LogP contribution in [0, 0.1) is 5.92 Å². The number of hydrogen-bond donors (Lipinski definition) is 1. The highest BCUT2D eigenvalue weighted by molar-refractivity contribution is 5.86. The molecule has 0 aromatic carbocycles. The number of amides is 1. The third-order valence-corrected chi connectivity index (χ3v) is 4.21. The Morgan fingerprint density at radius 1 is 1.35 bits per heavy atom. The minimum Gasteiger partial charge on any atom is -0.480 e. The van der Waals surface area contributed by atoms with Crippen molar-refractivity contribution in [3.05, 3.63) is 0 Å². The number of nitrogens with zero attached hydrogens (tertiary/aromatic N) is 1. The van der Waals surface area contributed by atoms with Crippen molar-refractivity contribution in [1.82, 2.24) is 4.90 Å². The highest BCUT2D eigenvalue weighted by atomic mass is 16.6. The number of rotatable bonds is 3. The lowest BCUT2D eigenvalue weighted by Gasteiger charge is -2.39. The van der Waals surface area contributed by atoms with Crippen LogP contribution in [-0.4, -0.2) is 52.5 Å². The smallest absolute Gasteiger partial charge is 0.411 e. The second-order valence-electron chi connectivity index (χ2n) is 7.04. The van der Waals surface area contributed by atoms with Crippen LogP contribution in [0.3, 0.4) is 0 Å². The largest absolute Gasteiger partial charge is 0.480 e. The summed E-state index contributed by atoms with van der Waals surface area (Å²) >= 11 is 0. The number of carbonyl (C=O) groups is 2. The lowest BCUT2D eigenvalue weighted by Crippen LogP contribution is -2.58. The van der Waals surface area contributed by atoms with Gasteiger partial charge in [-0.2, -0.15) is 0 Å². The minimum atomic E-state index is -1.22. The van der Waals surface area contributed by atoms with Crippen LogP contribution >= 0.6 is 0 Å². The van der Waals surface area contributed by atoms with Crippen LogP contribution in [0.25, 0.3) is 0 Å². The number of fused-ring (bicyclic) bond motifs is 1. The van der Waals surface area contributed by atoms with E-state index < -0.39 is 28.7 Å². The summed E-state index contributed by atoms with van der Waals surface area (Å²) in [5, 5.41) is 9.52. The molecule has 6 heteroatoms. The van der Waals surface area contributed by atoms with E-state index in [0.29, 0.717) is 13.0 Å². The maximum atomic E-state index is 12.5. The van der Waals surface area contributed by atoms with Crippen molar-refractivity contribution in [1.29, 1.82) is 0 Å². The molecular formula is C14H23NO5. The molecule has 0 aromatic rings. The zero-order valence-electron chi connectivity index (χ0n) is 12.7. The topological polar surface area (TPSA) is 76.1 Å². The predicted octanol–water partition coefficient (Wildman–Crippen LogP) is 1.88. The molecule has 0 bridgehead atoms. The number of hydrogen-bond acceptors (Lipinski definition) is 4. The molecule has 2 aliphatic rings. The molecule has 1 N–H and O–H groups in total. The van der Waals surface area contributed by atoms with E-state index >= 15 is 0 Å². The van der Waals surface area contributed by atoms with Gasteiger partial charge in [0.2, 0.25) is 0 Å². The van der Waals surface area contributed by atoms with Crippen molar-refractivity contribution < 1.29 is 24.2 Å². The molecule has 3 atom stereocenters. The van der Waals surface area contributed by atoms with Gasteiger partial charge < -0.3 is 14.6 Å². The summed E-state index contributed by atoms with van der Waals surface area (Å²) in [6.07, 6.45) is 0.660. The fraction of sp³-hybridized carbons (Fsp3) is 0.857. The van der Waals surface area contributed by atoms with E-state index in [1.807, 2.05) is 0 Å². The number of likely N-dealkylation sites (tertiary alicyclic amines) is 1. The van der Waals surface area contributed by atoms with Crippen LogP contribution in [0.15, 0.2) is 0 Å². The number of carbonyl (C=O) groups excluding carboxylic acids is 1. The van der Waals surface area contributed by atoms with Gasteiger partial charge in [0.25, 0.3) is 0 Å². The van der Waals surface area contributed by atoms with Gasteiger partial charge in [-0.25, -0.2) is 9.59 Å². The fourth-order valence-corrected chi connectivity index (χ4v) is 3.33. The summed E-state index contributed by atoms with van der Waals surface area (Å²) in [4.78, 5) is 25.5. The monoisotopic (exact) mass is 285 g/mol. The van der Waals surface area contributed by atoms with Crippen LogP contribution < -0.4 is 0 Å². The van der Waals surface area contributed by atoms with Gasteiger partial charge in [0.1, 0.15) is 11.1 Å². The number of methoxy groups -OCH3 is 1. The van der Waals surface area contributed by atoms with Crippen molar-refractivity contribution in [3.8, 4) is 0 Å². The predicted molar refractivity (Wildman–Crippen MR) is 71.4 cm³/mol. The zero-order chi connectivity index (χ0) is 15.3. The molecule has 0 spiro atoms. The molecule has 0 radical (unpaired) electrons. The standard InChI is InChI=1S/C14H23NO5/c1-12(2,3)20-11(18)15-13(4,10(16)17)6-9-7-14(9,15)8-19-5/h9H,6-8H2,1-5H3,(H,16,17)/t9?,13-,14?/m0/s1. The van der Waals surface area contributed by atoms with Crippen molar-refractivity contribution in [2.45, 2.75) is 57.2 Å². The molecule has 1 amide bonds. The van der Waals surface area contributed by atoms with Gasteiger partial charge in [-0.3, -0.25) is 4.90 Å². The Hall–Kier alpha value is -1.30. The van der Waals surface area contributed by atoms with Crippen molar-refractivity contribution in [3.63, 3.8) is 0 Å². The highest BCUT2D eigenvalue weighted by Crippen LogP contribution is 2.62. The summed E-state index contributed by atoms with van der Waals surface area (Å²) in [7, 11) is 1.56. The third-order valence-electron chi connectivity index (χ3n) is 4.21. The summed E-state index contributed by atoms with van der Waals surface area (Å²) in [5.74, 6) is -0.817. The number of aliphatic carboxylic acids is 1. The van der Waals surface area contributed by atoms with Gasteiger partial charge in [-0.05, 0) is 46.5 Å². The molecule has 1 saturated heterocycles. The Balaban J connectivity index is 2.32. The lowest BCUT2D eigenvalue weighted by molar-refractivity contribution is -0.151. The molecule has 1 aliphatic carbocycles. The van der Waals surface area contributed by atoms with E-state index in [9.17, 15) is 14.7 Å². The number of ether oxygens (including phenoxy) is 2. The second-order valence-corrected chi connectivity index (χ2v) is 7.04. The highest BCUT2D eigenvalue weighted by Gasteiger charge is 2.73. The first-order valence-electron chi connectivity index (χ1n) is 6.82. The first-order chi connectivity index (χ1) is 9.07. The fourth-order valence-electron chi connectivity index (χ4n) is 3.33. The van der Waals surface area contributed by atoms with E-state index in [0.717, 1.165) is 6.42 Å². The summed E-state index contributed by atoms with van der Waals surface area (Å²) < 4.78 is 10.6. The van der Waals surface area contributed by atoms with E-state index in [1.54, 1.807) is 34.8 Å². The maximum Gasteiger partial charge on any atom is 0.411 e. The van der Waals surface area contributed by atoms with E-state index in [-0.39, 0.29) is 5.92 Å². The molecule has 2 unspecified atom stereocenters. The molecule has 6 nitrogen and oxygen atoms in total. The summed E-state index contributed by atoms with van der Waals surface area (Å²) in [6, 6.07) is 0. The first kappa shape index (κ1) is 15.1. The molecule has 2 rings (SSSR count). The number of carboxylic acids is 1. The molecule has 0 aromatic heterocycles. The zero-order valence-corrected chi connectivity index (χ0v) is 12.7. The van der Waals surface area contributed by atoms with Crippen LogP contribution in [0.1, 0.15) is 40.5 Å². The van der Waals surface area contributed by atoms with Gasteiger partial charge in [0.15, 0.2) is 0 Å². The Bertz CT molecular complexity index is 443. The molecular weight excluding hydrogens is 262 g/mol. The second kappa shape index (κ2) is 4.35. The van der Waals surface area contributed by atoms with Crippen molar-refractivity contribution in [2.75, 3.05) is 13.7 Å². The SMILES string of the molecule is COCC12CC1C[C@@](C)(C(=O)O)N2C(=O)OC(C)(C)C. The van der Waals surface area contributed by atoms with Crippen molar-refractivity contribution in [2.24, 2.45) is 5.92 Å². The van der Waals surface area contributed by atoms with Crippen molar-refractivity contribution >= 4 is 12.1 Å². The first-order valence-corrected chi connectivity index (χ1v) is 6.82. The lowest BCUT2D eigenvalue weighted by atomic mass is 9.96. The Morgan fingerprint density at radius 2 is 1.95 bits per heavy atom. The quantitative estimate of drug-likeness (QED) is 0.856. The summed E-state index contributed by atoms with van der Waals surface area (Å²) in [6.45, 7) is 7.24. The van der Waals surface area contributed by atoms with Gasteiger partial charge in [-0.1, -0.05) is 0 Å². The molecule has 114 valence electrons. The molecule has 20 heavy (non-hydrogen) atoms. The van der Waals surface area contributed by atoms with Crippen LogP contribution in [0.2, 0.25) is 0 Å². The molecule has 1 heterocycles. The van der Waals surface area contributed by atoms with Crippen LogP contribution in [0.4, 0.5) is 4.79 Å². The van der Waals surface area contributed by atoms with E-state index in [1.165, 1.54) is 4.90 Å². The average molecular weight is 285 g/mol. The van der Waals surface area contributed by atoms with Crippen LogP contribution in [0.5, 0.6) is 0 Å². The molecule has 1 saturated carbocycles. The number of carboxylic acid groups (broad SMARTS) is 1. The van der Waals surface area contributed by atoms with Gasteiger partial charge in [0.05, 0.1) is 12.1 Å². The van der Waals surface area contributed by atoms with Gasteiger partial charge in [-0.15, -0.1) is 0 Å². The molecule has 1 aliphatic heterocycles. The normalized spacial score (nSPS) is 35.6. The Morgan fingerprint density at radius 3 is 2.40 bits per heavy atom. The van der Waals surface area contributed by atoms with E-state index in [4.69, 9.17) is 9.47 Å². The number of piperidine rings is 1. The minimum absolute atomic E-state index is 0.177. The Kier molecular flexibility index (Phi) is 3.28. The third kappa shape index (κ3) is 2.16. The van der Waals surface area contributed by atoms with Gasteiger partial charge in [0, 0.05) is 7.11 Å². The average Bonchev–Trinajstić information content (AvgIpc) is 2.81. The summed E-state index contributed by atoms with van der Waals surface area (Å²) in [5.41, 5.74) is -2.38. The van der Waals surface area contributed by atoms with E-state index in [2.05, 4.69) is 0 Å². The molecule has 2 fully saturated rings. The Labute approximate surface area is 119 Å². The maximum absolute atomic E-state index is 12.5.